The van der Waals surface area contributed by atoms with Gasteiger partial charge in [0.25, 0.3) is 0 Å². The van der Waals surface area contributed by atoms with E-state index in [1.165, 1.54) is 18.5 Å². The number of anilines is 1. The molecule has 9 heteroatoms. The first kappa shape index (κ1) is 19.5. The third-order valence-electron chi connectivity index (χ3n) is 4.15. The first-order valence-electron chi connectivity index (χ1n) is 8.67. The molecule has 2 N–H and O–H groups in total. The molecule has 0 saturated heterocycles. The molecule has 4 rings (SSSR count). The number of nitrogens with two attached hydrogens (primary N) is 1. The van der Waals surface area contributed by atoms with Crippen molar-refractivity contribution >= 4 is 27.2 Å². The van der Waals surface area contributed by atoms with Crippen molar-refractivity contribution in [2.45, 2.75) is 0 Å². The summed E-state index contributed by atoms with van der Waals surface area (Å²) in [5.74, 6) is -0.634. The van der Waals surface area contributed by atoms with E-state index >= 15 is 4.39 Å². The van der Waals surface area contributed by atoms with Gasteiger partial charge in [0.1, 0.15) is 0 Å². The van der Waals surface area contributed by atoms with Gasteiger partial charge in [-0.3, -0.25) is 0 Å². The SMILES string of the molecule is N#Cc1nc([As])cnc1-c1ccc(-c2ccccc2)c(Oc2nccc(N)n2)c1F. The van der Waals surface area contributed by atoms with Crippen LogP contribution in [0.15, 0.2) is 60.9 Å². The van der Waals surface area contributed by atoms with E-state index in [-0.39, 0.29) is 34.5 Å². The van der Waals surface area contributed by atoms with Gasteiger partial charge < -0.3 is 0 Å². The quantitative estimate of drug-likeness (QED) is 0.469. The topological polar surface area (TPSA) is 111 Å². The van der Waals surface area contributed by atoms with Crippen molar-refractivity contribution in [3.05, 3.63) is 72.4 Å². The average molecular weight is 458 g/mol. The van der Waals surface area contributed by atoms with Crippen molar-refractivity contribution in [1.82, 2.24) is 19.9 Å². The monoisotopic (exact) mass is 458 g/mol. The normalized spacial score (nSPS) is 10.4. The zero-order valence-corrected chi connectivity index (χ0v) is 17.2. The maximum atomic E-state index is 15.7. The molecule has 0 fully saturated rings. The van der Waals surface area contributed by atoms with Gasteiger partial charge in [-0.15, -0.1) is 0 Å². The molecule has 30 heavy (non-hydrogen) atoms. The van der Waals surface area contributed by atoms with E-state index in [9.17, 15) is 5.26 Å². The fourth-order valence-corrected chi connectivity index (χ4v) is 3.16. The van der Waals surface area contributed by atoms with Gasteiger partial charge in [-0.2, -0.15) is 0 Å². The third-order valence-corrected chi connectivity index (χ3v) is 4.60. The molecule has 0 atom stereocenters. The van der Waals surface area contributed by atoms with Gasteiger partial charge in [0, 0.05) is 0 Å². The molecule has 0 aliphatic rings. The molecular weight excluding hydrogens is 446 g/mol. The van der Waals surface area contributed by atoms with E-state index < -0.39 is 5.82 Å². The molecule has 0 aliphatic heterocycles. The van der Waals surface area contributed by atoms with E-state index in [2.05, 4.69) is 36.8 Å². The standard InChI is InChI=1S/C21H12AsFN6O/c22-16-11-27-19(15(10-24)28-16)14-7-6-13(12-4-2-1-3-5-12)20(18(14)23)30-21-26-9-8-17(25)29-21/h1-9,11H,(H2,25,26,29). The molecule has 0 aliphatic carbocycles. The molecule has 4 aromatic rings. The molecule has 2 heterocycles. The van der Waals surface area contributed by atoms with Crippen LogP contribution in [0.2, 0.25) is 0 Å². The molecule has 144 valence electrons. The van der Waals surface area contributed by atoms with Gasteiger partial charge in [-0.05, 0) is 0 Å². The van der Waals surface area contributed by atoms with Crippen LogP contribution in [0.1, 0.15) is 5.69 Å². The first-order valence-corrected chi connectivity index (χ1v) is 9.61. The van der Waals surface area contributed by atoms with E-state index in [0.717, 1.165) is 5.56 Å². The van der Waals surface area contributed by atoms with E-state index in [1.807, 2.05) is 36.4 Å². The van der Waals surface area contributed by atoms with Gasteiger partial charge in [-0.25, -0.2) is 0 Å². The average Bonchev–Trinajstić information content (AvgIpc) is 2.76. The third kappa shape index (κ3) is 3.84. The van der Waals surface area contributed by atoms with Crippen molar-refractivity contribution in [1.29, 1.82) is 5.26 Å². The predicted molar refractivity (Wildman–Crippen MR) is 109 cm³/mol. The number of hydrogen-bond acceptors (Lipinski definition) is 7. The second-order valence-electron chi connectivity index (χ2n) is 6.07. The Hall–Kier alpha value is -3.82. The molecule has 0 bridgehead atoms. The summed E-state index contributed by atoms with van der Waals surface area (Å²) in [5.41, 5.74) is 7.10. The summed E-state index contributed by atoms with van der Waals surface area (Å²) in [7, 11) is 0. The molecule has 0 unspecified atom stereocenters. The van der Waals surface area contributed by atoms with Crippen LogP contribution in [0, 0.1) is 17.1 Å². The summed E-state index contributed by atoms with van der Waals surface area (Å²) >= 11 is 2.19. The predicted octanol–water partition coefficient (Wildman–Crippen LogP) is 2.78. The summed E-state index contributed by atoms with van der Waals surface area (Å²) in [6, 6.07) is 15.8. The number of nitrogen functional groups attached to an aromatic ring is 1. The van der Waals surface area contributed by atoms with Crippen LogP contribution in [0.5, 0.6) is 11.8 Å². The van der Waals surface area contributed by atoms with Crippen molar-refractivity contribution in [2.24, 2.45) is 0 Å². The number of nitrogens with zero attached hydrogens (tertiary/aromatic N) is 5. The molecule has 2 aromatic carbocycles. The van der Waals surface area contributed by atoms with Crippen molar-refractivity contribution in [3.63, 3.8) is 0 Å². The fraction of sp³-hybridized carbons (Fsp3) is 0. The minimum atomic E-state index is -0.716. The number of nitriles is 1. The summed E-state index contributed by atoms with van der Waals surface area (Å²) in [4.78, 5) is 16.3. The Morgan fingerprint density at radius 3 is 2.50 bits per heavy atom. The van der Waals surface area contributed by atoms with Crippen LogP contribution in [-0.4, -0.2) is 36.8 Å². The van der Waals surface area contributed by atoms with Gasteiger partial charge in [0.15, 0.2) is 0 Å². The van der Waals surface area contributed by atoms with E-state index in [1.54, 1.807) is 12.1 Å². The Labute approximate surface area is 179 Å². The van der Waals surface area contributed by atoms with Crippen LogP contribution < -0.4 is 15.0 Å². The number of halogens is 1. The zero-order valence-electron chi connectivity index (χ0n) is 15.3. The first-order chi connectivity index (χ1) is 14.6. The maximum absolute atomic E-state index is 15.7. The van der Waals surface area contributed by atoms with Crippen molar-refractivity contribution in [3.8, 4) is 40.2 Å². The molecule has 0 amide bonds. The van der Waals surface area contributed by atoms with Gasteiger partial charge in [0.05, 0.1) is 0 Å². The molecule has 0 saturated carbocycles. The Morgan fingerprint density at radius 2 is 1.77 bits per heavy atom. The van der Waals surface area contributed by atoms with Gasteiger partial charge >= 0.3 is 180 Å². The molecule has 2 radical (unpaired) electrons. The van der Waals surface area contributed by atoms with Crippen LogP contribution >= 0.6 is 0 Å². The number of rotatable bonds is 4. The number of aromatic nitrogens is 4. The second kappa shape index (κ2) is 8.27. The van der Waals surface area contributed by atoms with Gasteiger partial charge in [0.2, 0.25) is 0 Å². The van der Waals surface area contributed by atoms with Gasteiger partial charge in [-0.1, -0.05) is 0 Å². The van der Waals surface area contributed by atoms with Crippen LogP contribution in [0.25, 0.3) is 22.4 Å². The number of hydrogen-bond donors (Lipinski definition) is 1. The molecule has 0 spiro atoms. The van der Waals surface area contributed by atoms with E-state index in [4.69, 9.17) is 10.5 Å². The molecular formula is C21H12AsFN6O. The number of ether oxygens (including phenoxy) is 1. The van der Waals surface area contributed by atoms with Crippen molar-refractivity contribution < 1.29 is 9.13 Å². The Balaban J connectivity index is 1.92. The molecule has 2 aromatic heterocycles. The zero-order chi connectivity index (χ0) is 21.1. The summed E-state index contributed by atoms with van der Waals surface area (Å²) in [5, 5.41) is 9.42. The molecule has 7 nitrogen and oxygen atoms in total. The number of benzene rings is 2. The van der Waals surface area contributed by atoms with Crippen LogP contribution in [-0.2, 0) is 0 Å². The summed E-state index contributed by atoms with van der Waals surface area (Å²) in [6.45, 7) is 0. The fourth-order valence-electron chi connectivity index (χ4n) is 2.83. The van der Waals surface area contributed by atoms with Crippen molar-refractivity contribution in [2.75, 3.05) is 5.73 Å². The van der Waals surface area contributed by atoms with Crippen LogP contribution in [0.3, 0.4) is 0 Å². The Bertz CT molecular complexity index is 1280. The summed E-state index contributed by atoms with van der Waals surface area (Å²) < 4.78 is 21.9. The summed E-state index contributed by atoms with van der Waals surface area (Å²) in [6.07, 6.45) is 2.86. The Morgan fingerprint density at radius 1 is 1.00 bits per heavy atom. The second-order valence-corrected chi connectivity index (χ2v) is 7.03. The van der Waals surface area contributed by atoms with E-state index in [0.29, 0.717) is 10.0 Å². The van der Waals surface area contributed by atoms with Crippen LogP contribution in [0.4, 0.5) is 10.2 Å². The Kier molecular flexibility index (Phi) is 5.38. The minimum absolute atomic E-state index is 0.00522.